The summed E-state index contributed by atoms with van der Waals surface area (Å²) >= 11 is 6.66. The molecule has 0 N–H and O–H groups in total. The van der Waals surface area contributed by atoms with E-state index in [4.69, 9.17) is 30.8 Å². The fourth-order valence-corrected chi connectivity index (χ4v) is 9.29. The van der Waals surface area contributed by atoms with Gasteiger partial charge in [0.15, 0.2) is 5.82 Å². The lowest BCUT2D eigenvalue weighted by molar-refractivity contribution is -0.164. The zero-order valence-electron chi connectivity index (χ0n) is 30.2. The van der Waals surface area contributed by atoms with Crippen molar-refractivity contribution in [1.29, 1.82) is 0 Å². The number of piperazine rings is 1. The molecule has 14 heteroatoms. The molecule has 0 radical (unpaired) electrons. The maximum Gasteiger partial charge on any atom is 0.319 e. The summed E-state index contributed by atoms with van der Waals surface area (Å²) in [6.07, 6.45) is 2.83. The molecule has 282 valence electrons. The third kappa shape index (κ3) is 6.22. The molecule has 2 aromatic heterocycles. The monoisotopic (exact) mass is 757 g/mol. The molecule has 3 atom stereocenters. The van der Waals surface area contributed by atoms with E-state index in [0.29, 0.717) is 86.2 Å². The van der Waals surface area contributed by atoms with Crippen LogP contribution in [0.4, 0.5) is 14.6 Å². The van der Waals surface area contributed by atoms with Crippen LogP contribution in [0.2, 0.25) is 5.02 Å². The number of amides is 1. The number of aromatic nitrogens is 3. The molecule has 2 aromatic carbocycles. The van der Waals surface area contributed by atoms with Crippen LogP contribution in [0.5, 0.6) is 6.01 Å². The quantitative estimate of drug-likeness (QED) is 0.257. The van der Waals surface area contributed by atoms with Crippen molar-refractivity contribution in [2.24, 2.45) is 0 Å². The second-order valence-electron chi connectivity index (χ2n) is 15.2. The molecule has 1 spiro atoms. The number of carbonyl (C=O) groups is 1. The van der Waals surface area contributed by atoms with Crippen LogP contribution >= 0.6 is 11.6 Å². The van der Waals surface area contributed by atoms with E-state index < -0.39 is 23.1 Å². The third-order valence-corrected chi connectivity index (χ3v) is 12.2. The van der Waals surface area contributed by atoms with Crippen LogP contribution in [0.25, 0.3) is 32.9 Å². The minimum absolute atomic E-state index is 0.00779. The fourth-order valence-electron chi connectivity index (χ4n) is 9.01. The second kappa shape index (κ2) is 14.1. The zero-order valence-corrected chi connectivity index (χ0v) is 31.0. The van der Waals surface area contributed by atoms with Gasteiger partial charge in [0.2, 0.25) is 0 Å². The van der Waals surface area contributed by atoms with Crippen LogP contribution in [-0.4, -0.2) is 138 Å². The lowest BCUT2D eigenvalue weighted by Crippen LogP contribution is -2.72. The Morgan fingerprint density at radius 2 is 1.91 bits per heavy atom. The Morgan fingerprint density at radius 1 is 1.09 bits per heavy atom. The molecule has 0 bridgehead atoms. The minimum Gasteiger partial charge on any atom is -0.461 e. The highest BCUT2D eigenvalue weighted by molar-refractivity contribution is 6.36. The van der Waals surface area contributed by atoms with Gasteiger partial charge in [-0.15, -0.1) is 0 Å². The number of anilines is 1. The van der Waals surface area contributed by atoms with E-state index in [1.807, 2.05) is 41.0 Å². The number of halogens is 3. The van der Waals surface area contributed by atoms with Crippen LogP contribution in [0.1, 0.15) is 26.2 Å². The summed E-state index contributed by atoms with van der Waals surface area (Å²) in [6, 6.07) is 11.1. The van der Waals surface area contributed by atoms with E-state index in [9.17, 15) is 9.18 Å². The number of fused-ring (bicyclic) bond motifs is 3. The van der Waals surface area contributed by atoms with Gasteiger partial charge in [-0.25, -0.2) is 8.78 Å². The number of hydrogen-bond donors (Lipinski definition) is 0. The summed E-state index contributed by atoms with van der Waals surface area (Å²) in [5.74, 6) is 5.64. The molecule has 5 aliphatic heterocycles. The van der Waals surface area contributed by atoms with Crippen molar-refractivity contribution in [2.45, 2.75) is 49.5 Å². The van der Waals surface area contributed by atoms with E-state index >= 15 is 4.39 Å². The lowest BCUT2D eigenvalue weighted by atomic mass is 9.91. The highest BCUT2D eigenvalue weighted by atomic mass is 35.5. The Hall–Kier alpha value is -4.19. The molecule has 5 aliphatic rings. The minimum atomic E-state index is -0.923. The molecule has 1 amide bonds. The van der Waals surface area contributed by atoms with E-state index in [-0.39, 0.29) is 35.8 Å². The molecule has 9 rings (SSSR count). The average Bonchev–Trinajstić information content (AvgIpc) is 3.71. The first-order valence-corrected chi connectivity index (χ1v) is 19.1. The Kier molecular flexibility index (Phi) is 9.30. The Balaban J connectivity index is 1.07. The van der Waals surface area contributed by atoms with Crippen molar-refractivity contribution in [3.8, 4) is 29.1 Å². The maximum atomic E-state index is 17.0. The Bertz CT molecular complexity index is 2170. The summed E-state index contributed by atoms with van der Waals surface area (Å²) in [6.45, 7) is 8.09. The third-order valence-electron chi connectivity index (χ3n) is 11.9. The topological polar surface area (TPSA) is 96.4 Å². The van der Waals surface area contributed by atoms with Crippen molar-refractivity contribution in [1.82, 2.24) is 29.7 Å². The summed E-state index contributed by atoms with van der Waals surface area (Å²) in [5.41, 5.74) is -0.376. The van der Waals surface area contributed by atoms with Gasteiger partial charge >= 0.3 is 6.01 Å². The van der Waals surface area contributed by atoms with Crippen LogP contribution < -0.4 is 9.64 Å². The largest absolute Gasteiger partial charge is 0.461 e. The number of rotatable bonds is 6. The Labute approximate surface area is 317 Å². The SMILES string of the molecule is CC(C#CC(=O)N1CCN(c2nc(OC[C@@]34CCCN3C[C@H](F)C4)nc3c(F)c(-c4cccc5cccc(Cl)c45)ncc23)CC12COC2)N1CCOCC1. The number of hydrogen-bond acceptors (Lipinski definition) is 10. The van der Waals surface area contributed by atoms with Crippen molar-refractivity contribution in [2.75, 3.05) is 83.7 Å². The number of benzene rings is 2. The number of ether oxygens (including phenoxy) is 3. The van der Waals surface area contributed by atoms with Gasteiger partial charge in [-0.1, -0.05) is 47.9 Å². The van der Waals surface area contributed by atoms with E-state index in [0.717, 1.165) is 37.9 Å². The van der Waals surface area contributed by atoms with Crippen molar-refractivity contribution in [3.63, 3.8) is 0 Å². The molecular formula is C40H42ClF2N7O4. The highest BCUT2D eigenvalue weighted by Gasteiger charge is 2.51. The predicted molar refractivity (Wildman–Crippen MR) is 201 cm³/mol. The van der Waals surface area contributed by atoms with Gasteiger partial charge in [0.1, 0.15) is 35.3 Å². The van der Waals surface area contributed by atoms with Crippen LogP contribution in [0.15, 0.2) is 42.6 Å². The fraction of sp³-hybridized carbons (Fsp3) is 0.500. The molecule has 1 unspecified atom stereocenters. The van der Waals surface area contributed by atoms with Crippen molar-refractivity contribution in [3.05, 3.63) is 53.4 Å². The number of carbonyl (C=O) groups excluding carboxylic acids is 1. The maximum absolute atomic E-state index is 17.0. The van der Waals surface area contributed by atoms with Crippen LogP contribution in [0.3, 0.4) is 0 Å². The van der Waals surface area contributed by atoms with Crippen molar-refractivity contribution >= 4 is 45.0 Å². The van der Waals surface area contributed by atoms with E-state index in [2.05, 4.69) is 31.6 Å². The van der Waals surface area contributed by atoms with E-state index in [1.54, 1.807) is 18.3 Å². The van der Waals surface area contributed by atoms with Gasteiger partial charge < -0.3 is 24.0 Å². The van der Waals surface area contributed by atoms with Gasteiger partial charge in [-0.2, -0.15) is 9.97 Å². The molecule has 4 aromatic rings. The van der Waals surface area contributed by atoms with Gasteiger partial charge in [0.25, 0.3) is 5.91 Å². The standard InChI is InChI=1S/C40H42ClF2N7O4/c1-26(47-15-17-52-18-16-47)9-10-32(51)50-14-13-48(22-40(50)23-53-24-40)37-30-20-44-35(29-7-2-5-27-6-3-8-31(41)33(27)29)34(43)36(30)45-38(46-37)54-25-39-11-4-12-49(39)21-28(42)19-39/h2-3,5-8,20,26,28H,4,11-19,21-25H2,1H3/t26?,28-,39+/m1/s1. The number of morpholine rings is 1. The second-order valence-corrected chi connectivity index (χ2v) is 15.6. The zero-order chi connectivity index (χ0) is 37.0. The van der Waals surface area contributed by atoms with E-state index in [1.165, 1.54) is 0 Å². The summed E-state index contributed by atoms with van der Waals surface area (Å²) < 4.78 is 49.2. The summed E-state index contributed by atoms with van der Waals surface area (Å²) in [4.78, 5) is 36.1. The lowest BCUT2D eigenvalue weighted by Gasteiger charge is -2.54. The molecule has 5 fully saturated rings. The summed E-state index contributed by atoms with van der Waals surface area (Å²) in [7, 11) is 0. The first-order chi connectivity index (χ1) is 26.2. The van der Waals surface area contributed by atoms with Crippen molar-refractivity contribution < 1.29 is 27.8 Å². The van der Waals surface area contributed by atoms with Gasteiger partial charge in [0.05, 0.1) is 43.4 Å². The van der Waals surface area contributed by atoms with Gasteiger partial charge in [-0.3, -0.25) is 19.6 Å². The van der Waals surface area contributed by atoms with Crippen LogP contribution in [-0.2, 0) is 14.3 Å². The van der Waals surface area contributed by atoms with Crippen LogP contribution in [0, 0.1) is 17.7 Å². The average molecular weight is 758 g/mol. The molecule has 5 saturated heterocycles. The Morgan fingerprint density at radius 3 is 2.70 bits per heavy atom. The molecule has 0 aliphatic carbocycles. The first-order valence-electron chi connectivity index (χ1n) is 18.8. The first kappa shape index (κ1) is 35.5. The number of alkyl halides is 1. The normalized spacial score (nSPS) is 24.7. The molecule has 11 nitrogen and oxygen atoms in total. The predicted octanol–water partition coefficient (Wildman–Crippen LogP) is 4.73. The number of nitrogens with zero attached hydrogens (tertiary/aromatic N) is 7. The van der Waals surface area contributed by atoms with Gasteiger partial charge in [0, 0.05) is 67.9 Å². The smallest absolute Gasteiger partial charge is 0.319 e. The molecule has 7 heterocycles. The highest BCUT2D eigenvalue weighted by Crippen LogP contribution is 2.42. The molecule has 54 heavy (non-hydrogen) atoms. The molecular weight excluding hydrogens is 716 g/mol. The number of pyridine rings is 1. The molecule has 0 saturated carbocycles. The summed E-state index contributed by atoms with van der Waals surface area (Å²) in [5, 5.41) is 2.45. The van der Waals surface area contributed by atoms with Gasteiger partial charge in [-0.05, 0) is 43.7 Å².